The van der Waals surface area contributed by atoms with E-state index < -0.39 is 0 Å². The van der Waals surface area contributed by atoms with Gasteiger partial charge < -0.3 is 9.84 Å². The molecule has 5 rings (SSSR count). The van der Waals surface area contributed by atoms with Gasteiger partial charge in [0.25, 0.3) is 0 Å². The van der Waals surface area contributed by atoms with Crippen molar-refractivity contribution in [3.63, 3.8) is 0 Å². The van der Waals surface area contributed by atoms with E-state index in [1.807, 2.05) is 6.07 Å². The van der Waals surface area contributed by atoms with Crippen LogP contribution >= 0.6 is 0 Å². The van der Waals surface area contributed by atoms with E-state index in [1.54, 1.807) is 0 Å². The van der Waals surface area contributed by atoms with Gasteiger partial charge in [0, 0.05) is 0 Å². The number of aliphatic hydroxyl groups is 1. The van der Waals surface area contributed by atoms with Gasteiger partial charge in [-0.25, -0.2) is 0 Å². The van der Waals surface area contributed by atoms with Gasteiger partial charge in [0.1, 0.15) is 12.2 Å². The van der Waals surface area contributed by atoms with Gasteiger partial charge in [0.2, 0.25) is 0 Å². The summed E-state index contributed by atoms with van der Waals surface area (Å²) in [6.45, 7) is 2.24. The zero-order valence-electron chi connectivity index (χ0n) is 12.3. The molecule has 2 aliphatic rings. The number of hydrogen-bond acceptors (Lipinski definition) is 2. The molecular weight excluding hydrogens is 272 g/mol. The van der Waals surface area contributed by atoms with Crippen LogP contribution in [0.15, 0.2) is 48.5 Å². The molecule has 22 heavy (non-hydrogen) atoms. The van der Waals surface area contributed by atoms with Crippen LogP contribution in [0, 0.1) is 6.92 Å². The first-order valence-electron chi connectivity index (χ1n) is 7.71. The molecule has 1 aliphatic carbocycles. The van der Waals surface area contributed by atoms with Crippen LogP contribution in [0.3, 0.4) is 0 Å². The molecule has 1 fully saturated rings. The summed E-state index contributed by atoms with van der Waals surface area (Å²) in [5.41, 5.74) is 7.30. The molecular formula is C20H16O2. The highest BCUT2D eigenvalue weighted by Gasteiger charge is 2.49. The number of epoxide rings is 1. The number of fused-ring (bicyclic) bond motifs is 7. The first-order chi connectivity index (χ1) is 10.8. The van der Waals surface area contributed by atoms with Crippen molar-refractivity contribution in [3.8, 4) is 11.1 Å². The maximum atomic E-state index is 10.0. The van der Waals surface area contributed by atoms with Gasteiger partial charge in [-0.3, -0.25) is 0 Å². The Balaban J connectivity index is 1.99. The maximum Gasteiger partial charge on any atom is 0.115 e. The Morgan fingerprint density at radius 2 is 1.68 bits per heavy atom. The fourth-order valence-electron chi connectivity index (χ4n) is 4.08. The summed E-state index contributed by atoms with van der Waals surface area (Å²) in [6.07, 6.45) is 0.268. The number of rotatable bonds is 1. The van der Waals surface area contributed by atoms with Crippen molar-refractivity contribution in [2.45, 2.75) is 25.7 Å². The van der Waals surface area contributed by atoms with Crippen LogP contribution in [-0.4, -0.2) is 5.11 Å². The Kier molecular flexibility index (Phi) is 2.36. The lowest BCUT2D eigenvalue weighted by atomic mass is 9.78. The average molecular weight is 288 g/mol. The second-order valence-corrected chi connectivity index (χ2v) is 6.16. The van der Waals surface area contributed by atoms with Gasteiger partial charge in [0.15, 0.2) is 0 Å². The van der Waals surface area contributed by atoms with Gasteiger partial charge in [-0.1, -0.05) is 48.5 Å². The summed E-state index contributed by atoms with van der Waals surface area (Å²) in [7, 11) is 0. The summed E-state index contributed by atoms with van der Waals surface area (Å²) in [5, 5.41) is 12.4. The lowest BCUT2D eigenvalue weighted by Crippen LogP contribution is -2.06. The van der Waals surface area contributed by atoms with Crippen LogP contribution in [0.2, 0.25) is 0 Å². The van der Waals surface area contributed by atoms with E-state index in [9.17, 15) is 5.11 Å². The van der Waals surface area contributed by atoms with Crippen molar-refractivity contribution in [2.75, 3.05) is 0 Å². The summed E-state index contributed by atoms with van der Waals surface area (Å²) in [5.74, 6) is 0. The number of hydrogen-bond donors (Lipinski definition) is 1. The molecule has 108 valence electrons. The third kappa shape index (κ3) is 1.41. The quantitative estimate of drug-likeness (QED) is 0.672. The van der Waals surface area contributed by atoms with Gasteiger partial charge in [0.05, 0.1) is 6.61 Å². The molecule has 0 aromatic heterocycles. The van der Waals surface area contributed by atoms with E-state index in [-0.39, 0.29) is 18.8 Å². The monoisotopic (exact) mass is 288 g/mol. The minimum Gasteiger partial charge on any atom is -0.392 e. The number of aryl methyl sites for hydroxylation is 1. The first kappa shape index (κ1) is 12.4. The Morgan fingerprint density at radius 1 is 0.955 bits per heavy atom. The molecule has 0 bridgehead atoms. The highest BCUT2D eigenvalue weighted by Crippen LogP contribution is 2.61. The van der Waals surface area contributed by atoms with Crippen molar-refractivity contribution in [1.82, 2.24) is 0 Å². The lowest BCUT2D eigenvalue weighted by molar-refractivity contribution is 0.280. The summed E-state index contributed by atoms with van der Waals surface area (Å²) in [6, 6.07) is 16.8. The number of ether oxygens (including phenoxy) is 1. The molecule has 2 heteroatoms. The van der Waals surface area contributed by atoms with E-state index in [2.05, 4.69) is 49.4 Å². The fraction of sp³-hybridized carbons (Fsp3) is 0.200. The highest BCUT2D eigenvalue weighted by atomic mass is 16.6. The zero-order valence-corrected chi connectivity index (χ0v) is 12.3. The predicted octanol–water partition coefficient (Wildman–Crippen LogP) is 4.43. The van der Waals surface area contributed by atoms with Crippen molar-refractivity contribution >= 4 is 10.8 Å². The molecule has 2 atom stereocenters. The summed E-state index contributed by atoms with van der Waals surface area (Å²) < 4.78 is 5.97. The maximum absolute atomic E-state index is 10.0. The number of benzene rings is 3. The average Bonchev–Trinajstić information content (AvgIpc) is 3.36. The summed E-state index contributed by atoms with van der Waals surface area (Å²) >= 11 is 0. The Morgan fingerprint density at radius 3 is 2.50 bits per heavy atom. The van der Waals surface area contributed by atoms with Crippen LogP contribution < -0.4 is 0 Å². The minimum absolute atomic E-state index is 0.0534. The topological polar surface area (TPSA) is 32.8 Å². The molecule has 1 saturated heterocycles. The summed E-state index contributed by atoms with van der Waals surface area (Å²) in [4.78, 5) is 0. The molecule has 3 aromatic rings. The first-order valence-corrected chi connectivity index (χ1v) is 7.71. The molecule has 2 nitrogen and oxygen atoms in total. The molecule has 1 aliphatic heterocycles. The Hall–Kier alpha value is -2.16. The smallest absolute Gasteiger partial charge is 0.115 e. The van der Waals surface area contributed by atoms with Crippen LogP contribution in [-0.2, 0) is 11.3 Å². The third-order valence-corrected chi connectivity index (χ3v) is 5.10. The Labute approximate surface area is 129 Å². The predicted molar refractivity (Wildman–Crippen MR) is 86.6 cm³/mol. The second-order valence-electron chi connectivity index (χ2n) is 6.16. The van der Waals surface area contributed by atoms with Crippen molar-refractivity contribution in [3.05, 3.63) is 70.8 Å². The fourth-order valence-corrected chi connectivity index (χ4v) is 4.08. The van der Waals surface area contributed by atoms with E-state index in [1.165, 1.54) is 33.2 Å². The molecule has 1 N–H and O–H groups in total. The van der Waals surface area contributed by atoms with Crippen molar-refractivity contribution in [1.29, 1.82) is 0 Å². The van der Waals surface area contributed by atoms with Gasteiger partial charge >= 0.3 is 0 Å². The normalized spacial score (nSPS) is 21.2. The molecule has 0 spiro atoms. The minimum atomic E-state index is 0.0534. The lowest BCUT2D eigenvalue weighted by Gasteiger charge is -2.23. The highest BCUT2D eigenvalue weighted by molar-refractivity contribution is 5.98. The number of aliphatic hydroxyl groups excluding tert-OH is 1. The van der Waals surface area contributed by atoms with Gasteiger partial charge in [-0.2, -0.15) is 0 Å². The largest absolute Gasteiger partial charge is 0.392 e. The molecule has 1 heterocycles. The SMILES string of the molecule is Cc1c2c(c(CO)c3ccccc13)C1OC1c1ccccc1-2. The van der Waals surface area contributed by atoms with Gasteiger partial charge in [-0.15, -0.1) is 0 Å². The Bertz CT molecular complexity index is 926. The van der Waals surface area contributed by atoms with E-state index in [0.717, 1.165) is 10.9 Å². The van der Waals surface area contributed by atoms with Crippen molar-refractivity contribution < 1.29 is 9.84 Å². The van der Waals surface area contributed by atoms with Crippen LogP contribution in [0.4, 0.5) is 0 Å². The van der Waals surface area contributed by atoms with Crippen LogP contribution in [0.25, 0.3) is 21.9 Å². The van der Waals surface area contributed by atoms with Gasteiger partial charge in [-0.05, 0) is 51.1 Å². The van der Waals surface area contributed by atoms with Crippen molar-refractivity contribution in [2.24, 2.45) is 0 Å². The molecule has 2 unspecified atom stereocenters. The molecule has 0 amide bonds. The second kappa shape index (κ2) is 4.19. The van der Waals surface area contributed by atoms with E-state index >= 15 is 0 Å². The molecule has 0 radical (unpaired) electrons. The van der Waals surface area contributed by atoms with E-state index in [0.29, 0.717) is 0 Å². The van der Waals surface area contributed by atoms with Crippen LogP contribution in [0.5, 0.6) is 0 Å². The van der Waals surface area contributed by atoms with E-state index in [4.69, 9.17) is 4.74 Å². The molecule has 3 aromatic carbocycles. The zero-order chi connectivity index (χ0) is 14.8. The molecule has 0 saturated carbocycles. The standard InChI is InChI=1S/C20H16O2/c1-11-12-6-2-3-7-13(12)16(10-21)18-17(11)14-8-4-5-9-15(14)19-20(18)22-19/h2-9,19-21H,10H2,1H3. The van der Waals surface area contributed by atoms with Crippen LogP contribution in [0.1, 0.15) is 34.5 Å². The third-order valence-electron chi connectivity index (χ3n) is 5.10.